The Bertz CT molecular complexity index is 424. The van der Waals surface area contributed by atoms with Crippen LogP contribution in [0.5, 0.6) is 0 Å². The maximum absolute atomic E-state index is 11.7. The van der Waals surface area contributed by atoms with Crippen LogP contribution in [-0.2, 0) is 4.79 Å². The number of benzene rings is 1. The molecule has 0 radical (unpaired) electrons. The van der Waals surface area contributed by atoms with E-state index in [0.29, 0.717) is 25.1 Å². The van der Waals surface area contributed by atoms with Gasteiger partial charge in [-0.15, -0.1) is 0 Å². The first-order chi connectivity index (χ1) is 8.63. The van der Waals surface area contributed by atoms with Crippen molar-refractivity contribution < 1.29 is 9.59 Å². The molecule has 0 aromatic heterocycles. The molecule has 0 aliphatic heterocycles. The van der Waals surface area contributed by atoms with Crippen LogP contribution in [0, 0.1) is 0 Å². The van der Waals surface area contributed by atoms with Gasteiger partial charge in [0.05, 0.1) is 6.54 Å². The lowest BCUT2D eigenvalue weighted by atomic mass is 10.2. The smallest absolute Gasteiger partial charge is 0.251 e. The van der Waals surface area contributed by atoms with Gasteiger partial charge >= 0.3 is 0 Å². The second-order valence-electron chi connectivity index (χ2n) is 3.67. The van der Waals surface area contributed by atoms with Crippen LogP contribution in [0.2, 0.25) is 0 Å². The van der Waals surface area contributed by atoms with E-state index in [1.165, 1.54) is 0 Å². The molecule has 2 amide bonds. The Kier molecular flexibility index (Phi) is 6.38. The fourth-order valence-electron chi connectivity index (χ4n) is 1.32. The van der Waals surface area contributed by atoms with Gasteiger partial charge in [-0.05, 0) is 24.6 Å². The number of halogens is 1. The molecule has 98 valence electrons. The van der Waals surface area contributed by atoms with E-state index < -0.39 is 0 Å². The second kappa shape index (κ2) is 7.84. The minimum absolute atomic E-state index is 0.00952. The fourth-order valence-corrected chi connectivity index (χ4v) is 1.72. The first-order valence-corrected chi connectivity index (χ1v) is 6.43. The van der Waals surface area contributed by atoms with Crippen molar-refractivity contribution in [3.05, 3.63) is 34.3 Å². The summed E-state index contributed by atoms with van der Waals surface area (Å²) in [6, 6.07) is 7.17. The summed E-state index contributed by atoms with van der Waals surface area (Å²) in [5.41, 5.74) is 5.75. The van der Waals surface area contributed by atoms with Crippen molar-refractivity contribution >= 4 is 27.7 Å². The van der Waals surface area contributed by atoms with Crippen LogP contribution in [0.4, 0.5) is 0 Å². The van der Waals surface area contributed by atoms with Gasteiger partial charge in [0.15, 0.2) is 0 Å². The molecule has 1 rings (SSSR count). The maximum Gasteiger partial charge on any atom is 0.251 e. The topological polar surface area (TPSA) is 84.2 Å². The summed E-state index contributed by atoms with van der Waals surface area (Å²) < 4.78 is 0.866. The van der Waals surface area contributed by atoms with Crippen molar-refractivity contribution in [2.75, 3.05) is 19.6 Å². The number of carbonyl (C=O) groups excluding carboxylic acids is 2. The predicted octanol–water partition coefficient (Wildman–Crippen LogP) is 0.644. The zero-order valence-corrected chi connectivity index (χ0v) is 11.5. The van der Waals surface area contributed by atoms with E-state index in [-0.39, 0.29) is 18.4 Å². The van der Waals surface area contributed by atoms with Gasteiger partial charge in [-0.3, -0.25) is 9.59 Å². The average Bonchev–Trinajstić information content (AvgIpc) is 2.37. The second-order valence-corrected chi connectivity index (χ2v) is 4.59. The molecule has 1 aromatic carbocycles. The molecule has 0 unspecified atom stereocenters. The first-order valence-electron chi connectivity index (χ1n) is 5.64. The molecule has 0 aliphatic carbocycles. The third-order valence-corrected chi connectivity index (χ3v) is 2.73. The summed E-state index contributed by atoms with van der Waals surface area (Å²) in [7, 11) is 0. The van der Waals surface area contributed by atoms with Gasteiger partial charge < -0.3 is 16.4 Å². The fraction of sp³-hybridized carbons (Fsp3) is 0.333. The van der Waals surface area contributed by atoms with Gasteiger partial charge in [0.1, 0.15) is 0 Å². The van der Waals surface area contributed by atoms with E-state index in [4.69, 9.17) is 5.73 Å². The summed E-state index contributed by atoms with van der Waals surface area (Å²) in [6.07, 6.45) is 0.672. The summed E-state index contributed by atoms with van der Waals surface area (Å²) >= 11 is 3.31. The molecule has 0 saturated carbocycles. The number of carbonyl (C=O) groups is 2. The summed E-state index contributed by atoms with van der Waals surface area (Å²) in [4.78, 5) is 22.5. The predicted molar refractivity (Wildman–Crippen MR) is 73.2 cm³/mol. The summed E-state index contributed by atoms with van der Waals surface area (Å²) in [5.74, 6) is -0.310. The quantitative estimate of drug-likeness (QED) is 0.674. The molecule has 1 aromatic rings. The van der Waals surface area contributed by atoms with Crippen LogP contribution < -0.4 is 16.4 Å². The van der Waals surface area contributed by atoms with Crippen molar-refractivity contribution in [1.29, 1.82) is 0 Å². The van der Waals surface area contributed by atoms with Crippen LogP contribution >= 0.6 is 15.9 Å². The van der Waals surface area contributed by atoms with E-state index in [1.807, 2.05) is 6.07 Å². The summed E-state index contributed by atoms with van der Waals surface area (Å²) in [6.45, 7) is 1.01. The molecule has 0 spiro atoms. The van der Waals surface area contributed by atoms with Crippen molar-refractivity contribution in [3.63, 3.8) is 0 Å². The molecule has 0 atom stereocenters. The number of hydrogen-bond donors (Lipinski definition) is 3. The molecule has 0 fully saturated rings. The Labute approximate surface area is 114 Å². The molecule has 0 aliphatic rings. The molecule has 4 N–H and O–H groups in total. The third-order valence-electron chi connectivity index (χ3n) is 2.23. The van der Waals surface area contributed by atoms with E-state index in [1.54, 1.807) is 18.2 Å². The standard InChI is InChI=1S/C12H16BrN3O2/c13-10-4-1-3-9(7-10)12(18)16-6-2-5-15-11(17)8-14/h1,3-4,7H,2,5-6,8,14H2,(H,15,17)(H,16,18). The lowest BCUT2D eigenvalue weighted by Gasteiger charge is -2.06. The van der Waals surface area contributed by atoms with Crippen LogP contribution in [0.15, 0.2) is 28.7 Å². The monoisotopic (exact) mass is 313 g/mol. The number of hydrogen-bond acceptors (Lipinski definition) is 3. The highest BCUT2D eigenvalue weighted by Gasteiger charge is 2.04. The molecule has 0 heterocycles. The highest BCUT2D eigenvalue weighted by atomic mass is 79.9. The van der Waals surface area contributed by atoms with Gasteiger partial charge in [-0.2, -0.15) is 0 Å². The van der Waals surface area contributed by atoms with Crippen molar-refractivity contribution in [2.45, 2.75) is 6.42 Å². The third kappa shape index (κ3) is 5.29. The summed E-state index contributed by atoms with van der Waals surface area (Å²) in [5, 5.41) is 5.41. The van der Waals surface area contributed by atoms with Crippen molar-refractivity contribution in [1.82, 2.24) is 10.6 Å². The minimum Gasteiger partial charge on any atom is -0.355 e. The average molecular weight is 314 g/mol. The SMILES string of the molecule is NCC(=O)NCCCNC(=O)c1cccc(Br)c1. The lowest BCUT2D eigenvalue weighted by Crippen LogP contribution is -2.33. The van der Waals surface area contributed by atoms with Crippen molar-refractivity contribution in [3.8, 4) is 0 Å². The van der Waals surface area contributed by atoms with Gasteiger partial charge in [0.25, 0.3) is 5.91 Å². The van der Waals surface area contributed by atoms with E-state index in [0.717, 1.165) is 4.47 Å². The number of rotatable bonds is 6. The number of nitrogens with one attached hydrogen (secondary N) is 2. The Morgan fingerprint density at radius 2 is 1.94 bits per heavy atom. The molecular formula is C12H16BrN3O2. The van der Waals surface area contributed by atoms with Gasteiger partial charge in [-0.1, -0.05) is 22.0 Å². The number of amides is 2. The zero-order chi connectivity index (χ0) is 13.4. The largest absolute Gasteiger partial charge is 0.355 e. The Morgan fingerprint density at radius 3 is 2.61 bits per heavy atom. The number of nitrogens with two attached hydrogens (primary N) is 1. The molecule has 6 heteroatoms. The molecular weight excluding hydrogens is 298 g/mol. The maximum atomic E-state index is 11.7. The van der Waals surface area contributed by atoms with Crippen LogP contribution in [0.25, 0.3) is 0 Å². The van der Waals surface area contributed by atoms with Gasteiger partial charge in [0.2, 0.25) is 5.91 Å². The normalized spacial score (nSPS) is 9.89. The van der Waals surface area contributed by atoms with Gasteiger partial charge in [0, 0.05) is 23.1 Å². The Hall–Kier alpha value is -1.40. The highest BCUT2D eigenvalue weighted by Crippen LogP contribution is 2.11. The zero-order valence-electron chi connectivity index (χ0n) is 9.91. The molecule has 5 nitrogen and oxygen atoms in total. The highest BCUT2D eigenvalue weighted by molar-refractivity contribution is 9.10. The Balaban J connectivity index is 2.23. The van der Waals surface area contributed by atoms with E-state index >= 15 is 0 Å². The van der Waals surface area contributed by atoms with E-state index in [9.17, 15) is 9.59 Å². The van der Waals surface area contributed by atoms with Crippen molar-refractivity contribution in [2.24, 2.45) is 5.73 Å². The first kappa shape index (κ1) is 14.7. The van der Waals surface area contributed by atoms with E-state index in [2.05, 4.69) is 26.6 Å². The molecule has 18 heavy (non-hydrogen) atoms. The minimum atomic E-state index is -0.187. The van der Waals surface area contributed by atoms with Crippen LogP contribution in [-0.4, -0.2) is 31.4 Å². The molecule has 0 bridgehead atoms. The van der Waals surface area contributed by atoms with Gasteiger partial charge in [-0.25, -0.2) is 0 Å². The lowest BCUT2D eigenvalue weighted by molar-refractivity contribution is -0.119. The molecule has 0 saturated heterocycles. The van der Waals surface area contributed by atoms with Crippen LogP contribution in [0.3, 0.4) is 0 Å². The van der Waals surface area contributed by atoms with Crippen LogP contribution in [0.1, 0.15) is 16.8 Å². The Morgan fingerprint density at radius 1 is 1.22 bits per heavy atom.